The maximum absolute atomic E-state index is 9.48. The van der Waals surface area contributed by atoms with E-state index in [1.54, 1.807) is 0 Å². The third kappa shape index (κ3) is 1.76. The molecule has 1 saturated heterocycles. The smallest absolute Gasteiger partial charge is 0.197 e. The molecule has 0 aromatic rings. The number of nitrogens with zero attached hydrogens (tertiary/aromatic N) is 1. The van der Waals surface area contributed by atoms with Crippen molar-refractivity contribution in [3.05, 3.63) is 0 Å². The van der Waals surface area contributed by atoms with Crippen LogP contribution in [0.2, 0.25) is 0 Å². The number of methoxy groups -OCH3 is 1. The second kappa shape index (κ2) is 4.45. The molecule has 0 aliphatic carbocycles. The number of nitrogens with one attached hydrogen (secondary N) is 1. The summed E-state index contributed by atoms with van der Waals surface area (Å²) in [5.74, 6) is 0. The topological polar surface area (TPSA) is 74.9 Å². The fourth-order valence-corrected chi connectivity index (χ4v) is 1.95. The standard InChI is InChI=1S/C6H11IN2O3/c1-11-5-3(2-7)12-6(9-8)4(5)10/h3-6,8,10H,2H2,1H3/t3-,4+,5?,6-/m1/s1. The van der Waals surface area contributed by atoms with Crippen LogP contribution in [0.3, 0.4) is 0 Å². The lowest BCUT2D eigenvalue weighted by atomic mass is 10.1. The van der Waals surface area contributed by atoms with Gasteiger partial charge in [0.1, 0.15) is 12.2 Å². The van der Waals surface area contributed by atoms with Gasteiger partial charge in [-0.05, 0) is 0 Å². The molecule has 0 aromatic heterocycles. The van der Waals surface area contributed by atoms with Gasteiger partial charge >= 0.3 is 0 Å². The molecule has 0 bridgehead atoms. The van der Waals surface area contributed by atoms with E-state index in [-0.39, 0.29) is 12.2 Å². The minimum atomic E-state index is -0.813. The Balaban J connectivity index is 2.64. The number of halogens is 1. The van der Waals surface area contributed by atoms with E-state index in [2.05, 4.69) is 27.7 Å². The molecule has 5 nitrogen and oxygen atoms in total. The normalized spacial score (nSPS) is 41.6. The molecule has 1 heterocycles. The van der Waals surface area contributed by atoms with Crippen molar-refractivity contribution < 1.29 is 14.6 Å². The van der Waals surface area contributed by atoms with Gasteiger partial charge in [0.2, 0.25) is 0 Å². The van der Waals surface area contributed by atoms with Crippen molar-refractivity contribution in [2.75, 3.05) is 11.5 Å². The second-order valence-electron chi connectivity index (χ2n) is 2.54. The molecule has 70 valence electrons. The molecule has 1 aliphatic heterocycles. The number of aliphatic hydroxyl groups is 1. The quantitative estimate of drug-likeness (QED) is 0.452. The van der Waals surface area contributed by atoms with Gasteiger partial charge in [0.05, 0.1) is 6.10 Å². The van der Waals surface area contributed by atoms with Crippen LogP contribution in [0.25, 0.3) is 0 Å². The zero-order valence-corrected chi connectivity index (χ0v) is 8.76. The number of alkyl halides is 1. The molecule has 6 heteroatoms. The molecule has 2 N–H and O–H groups in total. The Hall–Kier alpha value is 0.210. The Bertz CT molecular complexity index is 169. The minimum Gasteiger partial charge on any atom is -0.385 e. The summed E-state index contributed by atoms with van der Waals surface area (Å²) in [6.45, 7) is 0. The van der Waals surface area contributed by atoms with Crippen LogP contribution in [0.4, 0.5) is 0 Å². The molecule has 1 rings (SSSR count). The van der Waals surface area contributed by atoms with Crippen molar-refractivity contribution >= 4 is 22.6 Å². The van der Waals surface area contributed by atoms with Crippen molar-refractivity contribution in [3.63, 3.8) is 0 Å². The van der Waals surface area contributed by atoms with E-state index in [1.165, 1.54) is 7.11 Å². The average Bonchev–Trinajstić information content (AvgIpc) is 2.41. The van der Waals surface area contributed by atoms with Crippen LogP contribution < -0.4 is 0 Å². The first-order valence-corrected chi connectivity index (χ1v) is 5.06. The monoisotopic (exact) mass is 286 g/mol. The van der Waals surface area contributed by atoms with E-state index >= 15 is 0 Å². The molecule has 0 aromatic carbocycles. The Kier molecular flexibility index (Phi) is 3.81. The van der Waals surface area contributed by atoms with Crippen LogP contribution in [-0.4, -0.2) is 41.2 Å². The summed E-state index contributed by atoms with van der Waals surface area (Å²) in [7, 11) is 1.52. The van der Waals surface area contributed by atoms with E-state index < -0.39 is 12.3 Å². The highest BCUT2D eigenvalue weighted by Gasteiger charge is 2.43. The highest BCUT2D eigenvalue weighted by atomic mass is 127. The lowest BCUT2D eigenvalue weighted by Crippen LogP contribution is -2.34. The summed E-state index contributed by atoms with van der Waals surface area (Å²) in [5, 5.41) is 12.6. The third-order valence-electron chi connectivity index (χ3n) is 1.86. The molecule has 4 atom stereocenters. The lowest BCUT2D eigenvalue weighted by molar-refractivity contribution is -0.00172. The summed E-state index contributed by atoms with van der Waals surface area (Å²) >= 11 is 2.15. The second-order valence-corrected chi connectivity index (χ2v) is 3.42. The number of hydrogen-bond acceptors (Lipinski definition) is 5. The number of hydrogen-bond donors (Lipinski definition) is 2. The van der Waals surface area contributed by atoms with Gasteiger partial charge in [-0.1, -0.05) is 22.6 Å². The largest absolute Gasteiger partial charge is 0.385 e. The Morgan fingerprint density at radius 3 is 2.75 bits per heavy atom. The summed E-state index contributed by atoms with van der Waals surface area (Å²) < 4.78 is 11.0. The summed E-state index contributed by atoms with van der Waals surface area (Å²) in [4.78, 5) is 0. The van der Waals surface area contributed by atoms with Gasteiger partial charge in [-0.25, -0.2) is 5.53 Å². The van der Waals surface area contributed by atoms with Crippen LogP contribution >= 0.6 is 22.6 Å². The number of rotatable bonds is 3. The van der Waals surface area contributed by atoms with Crippen molar-refractivity contribution in [2.45, 2.75) is 24.5 Å². The zero-order chi connectivity index (χ0) is 9.14. The van der Waals surface area contributed by atoms with Crippen molar-refractivity contribution in [1.82, 2.24) is 0 Å². The molecule has 1 unspecified atom stereocenters. The fraction of sp³-hybridized carbons (Fsp3) is 1.00. The zero-order valence-electron chi connectivity index (χ0n) is 6.61. The predicted molar refractivity (Wildman–Crippen MR) is 49.5 cm³/mol. The van der Waals surface area contributed by atoms with Crippen LogP contribution in [0.5, 0.6) is 0 Å². The van der Waals surface area contributed by atoms with Crippen molar-refractivity contribution in [1.29, 1.82) is 5.53 Å². The maximum atomic E-state index is 9.48. The van der Waals surface area contributed by atoms with Crippen LogP contribution in [0.1, 0.15) is 0 Å². The van der Waals surface area contributed by atoms with Gasteiger partial charge in [-0.3, -0.25) is 0 Å². The molecule has 1 fully saturated rings. The minimum absolute atomic E-state index is 0.162. The Morgan fingerprint density at radius 1 is 1.75 bits per heavy atom. The van der Waals surface area contributed by atoms with E-state index in [1.807, 2.05) is 0 Å². The summed E-state index contributed by atoms with van der Waals surface area (Å²) in [6, 6.07) is 0. The number of ether oxygens (including phenoxy) is 2. The van der Waals surface area contributed by atoms with E-state index in [9.17, 15) is 5.11 Å². The van der Waals surface area contributed by atoms with Gasteiger partial charge in [-0.2, -0.15) is 5.11 Å². The first-order valence-electron chi connectivity index (χ1n) is 3.53. The van der Waals surface area contributed by atoms with E-state index in [0.29, 0.717) is 0 Å². The molecular weight excluding hydrogens is 275 g/mol. The number of aliphatic hydroxyl groups excluding tert-OH is 1. The van der Waals surface area contributed by atoms with Crippen LogP contribution in [0.15, 0.2) is 5.11 Å². The molecule has 1 aliphatic rings. The summed E-state index contributed by atoms with van der Waals surface area (Å²) in [5.41, 5.74) is 6.74. The molecule has 12 heavy (non-hydrogen) atoms. The Morgan fingerprint density at radius 2 is 2.42 bits per heavy atom. The van der Waals surface area contributed by atoms with Crippen molar-refractivity contribution in [3.8, 4) is 0 Å². The fourth-order valence-electron chi connectivity index (χ4n) is 1.24. The Labute approximate surface area is 84.1 Å². The predicted octanol–water partition coefficient (Wildman–Crippen LogP) is 0.553. The molecule has 0 radical (unpaired) electrons. The SMILES string of the molecule is COC1[C@@H](CI)O[C@@H](N=N)[C@H]1O. The van der Waals surface area contributed by atoms with Gasteiger partial charge in [0, 0.05) is 11.5 Å². The van der Waals surface area contributed by atoms with Gasteiger partial charge in [-0.15, -0.1) is 0 Å². The molecule has 0 amide bonds. The van der Waals surface area contributed by atoms with Gasteiger partial charge in [0.25, 0.3) is 0 Å². The van der Waals surface area contributed by atoms with E-state index in [0.717, 1.165) is 4.43 Å². The molecular formula is C6H11IN2O3. The first kappa shape index (κ1) is 10.3. The van der Waals surface area contributed by atoms with Gasteiger partial charge in [0.15, 0.2) is 6.23 Å². The van der Waals surface area contributed by atoms with Gasteiger partial charge < -0.3 is 14.6 Å². The molecule has 0 spiro atoms. The third-order valence-corrected chi connectivity index (χ3v) is 2.73. The highest BCUT2D eigenvalue weighted by molar-refractivity contribution is 14.1. The first-order chi connectivity index (χ1) is 5.74. The van der Waals surface area contributed by atoms with E-state index in [4.69, 9.17) is 15.0 Å². The molecule has 0 saturated carbocycles. The average molecular weight is 286 g/mol. The lowest BCUT2D eigenvalue weighted by Gasteiger charge is -2.15. The van der Waals surface area contributed by atoms with Crippen LogP contribution in [-0.2, 0) is 9.47 Å². The van der Waals surface area contributed by atoms with Crippen LogP contribution in [0, 0.1) is 5.53 Å². The summed E-state index contributed by atoms with van der Waals surface area (Å²) in [6.07, 6.45) is -2.09. The maximum Gasteiger partial charge on any atom is 0.197 e. The highest BCUT2D eigenvalue weighted by Crippen LogP contribution is 2.25. The van der Waals surface area contributed by atoms with Crippen molar-refractivity contribution in [2.24, 2.45) is 5.11 Å².